The molecule has 1 amide bonds. The van der Waals surface area contributed by atoms with Gasteiger partial charge in [-0.3, -0.25) is 9.00 Å². The molecule has 6 heteroatoms. The second-order valence-electron chi connectivity index (χ2n) is 3.51. The van der Waals surface area contributed by atoms with E-state index in [4.69, 9.17) is 11.6 Å². The lowest BCUT2D eigenvalue weighted by molar-refractivity contribution is 0.0943. The van der Waals surface area contributed by atoms with Crippen molar-refractivity contribution < 1.29 is 13.6 Å². The summed E-state index contributed by atoms with van der Waals surface area (Å²) in [7, 11) is 0. The lowest BCUT2D eigenvalue weighted by atomic mass is 10.2. The lowest BCUT2D eigenvalue weighted by Gasteiger charge is -2.11. The molecule has 0 fully saturated rings. The van der Waals surface area contributed by atoms with Gasteiger partial charge in [0.1, 0.15) is 0 Å². The van der Waals surface area contributed by atoms with Crippen molar-refractivity contribution in [3.05, 3.63) is 28.8 Å². The number of carbonyl (C=O) groups excluding carboxylic acids is 1. The van der Waals surface area contributed by atoms with Crippen LogP contribution in [0.3, 0.4) is 0 Å². The Morgan fingerprint density at radius 1 is 1.50 bits per heavy atom. The molecule has 1 N–H and O–H groups in total. The Bertz CT molecular complexity index is 434. The third-order valence-corrected chi connectivity index (χ3v) is 2.93. The highest BCUT2D eigenvalue weighted by Gasteiger charge is 2.10. The van der Waals surface area contributed by atoms with E-state index in [1.807, 2.05) is 13.8 Å². The SMILES string of the molecule is CC(C)NC(=O)c1ccc(Cl)c(S(=O)[O-])c1. The van der Waals surface area contributed by atoms with Crippen LogP contribution in [0.1, 0.15) is 24.2 Å². The molecule has 0 saturated heterocycles. The van der Waals surface area contributed by atoms with Gasteiger partial charge in [0.2, 0.25) is 0 Å². The second-order valence-corrected chi connectivity index (χ2v) is 4.82. The lowest BCUT2D eigenvalue weighted by Crippen LogP contribution is -2.30. The molecule has 88 valence electrons. The zero-order chi connectivity index (χ0) is 12.3. The Morgan fingerprint density at radius 2 is 2.12 bits per heavy atom. The fraction of sp³-hybridized carbons (Fsp3) is 0.300. The molecule has 1 rings (SSSR count). The third kappa shape index (κ3) is 3.30. The van der Waals surface area contributed by atoms with Crippen LogP contribution in [-0.2, 0) is 11.1 Å². The Kier molecular flexibility index (Phi) is 4.46. The highest BCUT2D eigenvalue weighted by molar-refractivity contribution is 7.79. The number of halogens is 1. The van der Waals surface area contributed by atoms with E-state index in [0.717, 1.165) is 0 Å². The fourth-order valence-corrected chi connectivity index (χ4v) is 1.87. The molecule has 0 aliphatic heterocycles. The third-order valence-electron chi connectivity index (χ3n) is 1.79. The van der Waals surface area contributed by atoms with Crippen LogP contribution in [0, 0.1) is 0 Å². The summed E-state index contributed by atoms with van der Waals surface area (Å²) in [5.74, 6) is -0.321. The molecule has 0 aromatic heterocycles. The topological polar surface area (TPSA) is 69.2 Å². The number of rotatable bonds is 3. The van der Waals surface area contributed by atoms with Crippen LogP contribution in [-0.4, -0.2) is 20.7 Å². The van der Waals surface area contributed by atoms with E-state index in [1.165, 1.54) is 18.2 Å². The molecule has 0 heterocycles. The summed E-state index contributed by atoms with van der Waals surface area (Å²) in [6.07, 6.45) is 0. The van der Waals surface area contributed by atoms with E-state index in [0.29, 0.717) is 0 Å². The number of hydrogen-bond acceptors (Lipinski definition) is 3. The van der Waals surface area contributed by atoms with Gasteiger partial charge in [0.15, 0.2) is 0 Å². The number of benzene rings is 1. The Labute approximate surface area is 101 Å². The van der Waals surface area contributed by atoms with Crippen LogP contribution in [0.5, 0.6) is 0 Å². The van der Waals surface area contributed by atoms with Crippen LogP contribution in [0.15, 0.2) is 23.1 Å². The van der Waals surface area contributed by atoms with E-state index in [2.05, 4.69) is 5.32 Å². The number of amides is 1. The number of hydrogen-bond donors (Lipinski definition) is 1. The zero-order valence-electron chi connectivity index (χ0n) is 8.82. The molecule has 1 atom stereocenters. The van der Waals surface area contributed by atoms with Gasteiger partial charge in [-0.15, -0.1) is 0 Å². The van der Waals surface area contributed by atoms with Crippen LogP contribution in [0.4, 0.5) is 0 Å². The van der Waals surface area contributed by atoms with Crippen LogP contribution in [0.25, 0.3) is 0 Å². The highest BCUT2D eigenvalue weighted by atomic mass is 35.5. The van der Waals surface area contributed by atoms with E-state index in [9.17, 15) is 13.6 Å². The van der Waals surface area contributed by atoms with Gasteiger partial charge in [-0.25, -0.2) is 0 Å². The summed E-state index contributed by atoms with van der Waals surface area (Å²) in [5.41, 5.74) is 0.275. The maximum atomic E-state index is 11.6. The predicted octanol–water partition coefficient (Wildman–Crippen LogP) is 1.72. The first-order chi connectivity index (χ1) is 7.41. The van der Waals surface area contributed by atoms with E-state index in [-0.39, 0.29) is 27.4 Å². The zero-order valence-corrected chi connectivity index (χ0v) is 10.4. The standard InChI is InChI=1S/C10H12ClNO3S/c1-6(2)12-10(13)7-3-4-8(11)9(5-7)16(14)15/h3-6H,1-2H3,(H,12,13)(H,14,15)/p-1. The fourth-order valence-electron chi connectivity index (χ4n) is 1.12. The van der Waals surface area contributed by atoms with Crippen molar-refractivity contribution >= 4 is 28.6 Å². The first kappa shape index (κ1) is 13.2. The molecular weight excluding hydrogens is 250 g/mol. The molecule has 1 aromatic carbocycles. The molecule has 0 aliphatic rings. The highest BCUT2D eigenvalue weighted by Crippen LogP contribution is 2.20. The minimum Gasteiger partial charge on any atom is -0.768 e. The van der Waals surface area contributed by atoms with Gasteiger partial charge < -0.3 is 9.87 Å². The first-order valence-electron chi connectivity index (χ1n) is 4.61. The molecule has 16 heavy (non-hydrogen) atoms. The smallest absolute Gasteiger partial charge is 0.251 e. The Hall–Kier alpha value is -0.910. The van der Waals surface area contributed by atoms with Crippen molar-refractivity contribution in [2.24, 2.45) is 0 Å². The predicted molar refractivity (Wildman–Crippen MR) is 61.2 cm³/mol. The number of carbonyl (C=O) groups is 1. The van der Waals surface area contributed by atoms with Gasteiger partial charge in [-0.1, -0.05) is 11.6 Å². The molecule has 0 radical (unpaired) electrons. The summed E-state index contributed by atoms with van der Waals surface area (Å²) >= 11 is 3.23. The average Bonchev–Trinajstić information content (AvgIpc) is 2.16. The molecule has 0 bridgehead atoms. The van der Waals surface area contributed by atoms with Gasteiger partial charge in [0.25, 0.3) is 5.91 Å². The summed E-state index contributed by atoms with van der Waals surface area (Å²) in [6.45, 7) is 3.64. The normalized spacial score (nSPS) is 12.6. The van der Waals surface area contributed by atoms with E-state index in [1.54, 1.807) is 0 Å². The van der Waals surface area contributed by atoms with Crippen molar-refractivity contribution in [1.82, 2.24) is 5.32 Å². The maximum absolute atomic E-state index is 11.6. The van der Waals surface area contributed by atoms with Crippen molar-refractivity contribution in [3.8, 4) is 0 Å². The van der Waals surface area contributed by atoms with Gasteiger partial charge in [0.05, 0.1) is 5.02 Å². The summed E-state index contributed by atoms with van der Waals surface area (Å²) in [5, 5.41) is 2.77. The Morgan fingerprint density at radius 3 is 2.62 bits per heavy atom. The second kappa shape index (κ2) is 5.43. The summed E-state index contributed by atoms with van der Waals surface area (Å²) in [4.78, 5) is 11.5. The van der Waals surface area contributed by atoms with Gasteiger partial charge >= 0.3 is 0 Å². The molecule has 1 unspecified atom stereocenters. The first-order valence-corrected chi connectivity index (χ1v) is 6.06. The number of nitrogens with one attached hydrogen (secondary N) is 1. The molecule has 0 spiro atoms. The largest absolute Gasteiger partial charge is 0.768 e. The summed E-state index contributed by atoms with van der Waals surface area (Å²) < 4.78 is 21.6. The van der Waals surface area contributed by atoms with Crippen LogP contribution >= 0.6 is 11.6 Å². The van der Waals surface area contributed by atoms with Crippen molar-refractivity contribution in [3.63, 3.8) is 0 Å². The van der Waals surface area contributed by atoms with Gasteiger partial charge in [-0.2, -0.15) is 0 Å². The van der Waals surface area contributed by atoms with Crippen LogP contribution in [0.2, 0.25) is 5.02 Å². The minimum absolute atomic E-state index is 0.00984. The van der Waals surface area contributed by atoms with E-state index < -0.39 is 11.1 Å². The Balaban J connectivity index is 3.03. The maximum Gasteiger partial charge on any atom is 0.251 e. The van der Waals surface area contributed by atoms with Gasteiger partial charge in [0, 0.05) is 16.5 Å². The molecule has 0 aliphatic carbocycles. The molecular formula is C10H11ClNO3S-. The molecule has 4 nitrogen and oxygen atoms in total. The minimum atomic E-state index is -2.44. The average molecular weight is 261 g/mol. The molecule has 1 aromatic rings. The molecule has 0 saturated carbocycles. The van der Waals surface area contributed by atoms with E-state index >= 15 is 0 Å². The van der Waals surface area contributed by atoms with Crippen LogP contribution < -0.4 is 5.32 Å². The van der Waals surface area contributed by atoms with Gasteiger partial charge in [-0.05, 0) is 43.1 Å². The van der Waals surface area contributed by atoms with Crippen molar-refractivity contribution in [2.45, 2.75) is 24.8 Å². The quantitative estimate of drug-likeness (QED) is 0.842. The van der Waals surface area contributed by atoms with Crippen molar-refractivity contribution in [1.29, 1.82) is 0 Å². The summed E-state index contributed by atoms with van der Waals surface area (Å²) in [6, 6.07) is 4.12. The monoisotopic (exact) mass is 260 g/mol. The van der Waals surface area contributed by atoms with Crippen molar-refractivity contribution in [2.75, 3.05) is 0 Å².